The van der Waals surface area contributed by atoms with Gasteiger partial charge in [0.05, 0.1) is 12.8 Å². The van der Waals surface area contributed by atoms with Crippen molar-refractivity contribution in [3.8, 4) is 0 Å². The molecule has 2 amide bonds. The third-order valence-electron chi connectivity index (χ3n) is 4.11. The molecule has 0 radical (unpaired) electrons. The first-order chi connectivity index (χ1) is 12.4. The molecule has 2 aromatic rings. The summed E-state index contributed by atoms with van der Waals surface area (Å²) >= 11 is 0.991. The van der Waals surface area contributed by atoms with Gasteiger partial charge in [0.1, 0.15) is 16.1 Å². The molecule has 1 aliphatic carbocycles. The monoisotopic (exact) mass is 377 g/mol. The second-order valence-corrected chi connectivity index (χ2v) is 6.92. The van der Waals surface area contributed by atoms with Gasteiger partial charge in [0.25, 0.3) is 0 Å². The predicted octanol–water partition coefficient (Wildman–Crippen LogP) is 2.73. The standard InChI is InChI=1S/C17H16FN3O4S/c1-9-12(13(22)25-2)26-16(19-9)21-15(24)17(7-8-17)14(23)20-11-5-3-10(18)4-6-11/h3-6H,7-8H2,1-2H3,(H,20,23)(H,19,21,24). The Morgan fingerprint density at radius 1 is 1.15 bits per heavy atom. The summed E-state index contributed by atoms with van der Waals surface area (Å²) in [6.45, 7) is 1.63. The van der Waals surface area contributed by atoms with E-state index >= 15 is 0 Å². The number of esters is 1. The smallest absolute Gasteiger partial charge is 0.350 e. The minimum Gasteiger partial charge on any atom is -0.465 e. The zero-order valence-corrected chi connectivity index (χ0v) is 14.9. The maximum Gasteiger partial charge on any atom is 0.350 e. The fourth-order valence-corrected chi connectivity index (χ4v) is 3.29. The number of hydrogen-bond acceptors (Lipinski definition) is 6. The molecule has 1 fully saturated rings. The minimum atomic E-state index is -1.18. The highest BCUT2D eigenvalue weighted by Gasteiger charge is 2.56. The fourth-order valence-electron chi connectivity index (χ4n) is 2.41. The lowest BCUT2D eigenvalue weighted by atomic mass is 10.1. The van der Waals surface area contributed by atoms with E-state index in [9.17, 15) is 18.8 Å². The molecule has 3 rings (SSSR count). The Morgan fingerprint density at radius 3 is 2.35 bits per heavy atom. The van der Waals surface area contributed by atoms with Crippen molar-refractivity contribution >= 4 is 39.9 Å². The lowest BCUT2D eigenvalue weighted by molar-refractivity contribution is -0.131. The summed E-state index contributed by atoms with van der Waals surface area (Å²) in [6, 6.07) is 5.30. The maximum absolute atomic E-state index is 12.9. The molecule has 2 N–H and O–H groups in total. The van der Waals surface area contributed by atoms with E-state index < -0.39 is 29.0 Å². The number of rotatable bonds is 5. The van der Waals surface area contributed by atoms with Crippen LogP contribution >= 0.6 is 11.3 Å². The summed E-state index contributed by atoms with van der Waals surface area (Å²) in [6.07, 6.45) is 0.806. The highest BCUT2D eigenvalue weighted by Crippen LogP contribution is 2.47. The summed E-state index contributed by atoms with van der Waals surface area (Å²) in [5, 5.41) is 5.46. The molecule has 0 saturated heterocycles. The third kappa shape index (κ3) is 3.43. The van der Waals surface area contributed by atoms with Gasteiger partial charge in [0.15, 0.2) is 5.13 Å². The van der Waals surface area contributed by atoms with Crippen LogP contribution in [0.1, 0.15) is 28.2 Å². The normalized spacial score (nSPS) is 14.4. The summed E-state index contributed by atoms with van der Waals surface area (Å²) in [7, 11) is 1.26. The molecule has 1 aromatic carbocycles. The Bertz CT molecular complexity index is 875. The van der Waals surface area contributed by atoms with Crippen molar-refractivity contribution < 1.29 is 23.5 Å². The number of methoxy groups -OCH3 is 1. The van der Waals surface area contributed by atoms with Gasteiger partial charge in [-0.25, -0.2) is 14.2 Å². The number of ether oxygens (including phenoxy) is 1. The number of halogens is 1. The topological polar surface area (TPSA) is 97.4 Å². The summed E-state index contributed by atoms with van der Waals surface area (Å²) in [5.41, 5.74) is -0.328. The summed E-state index contributed by atoms with van der Waals surface area (Å²) in [4.78, 5) is 41.1. The van der Waals surface area contributed by atoms with Gasteiger partial charge in [-0.05, 0) is 44.0 Å². The van der Waals surface area contributed by atoms with Crippen molar-refractivity contribution in [2.45, 2.75) is 19.8 Å². The summed E-state index contributed by atoms with van der Waals surface area (Å²) < 4.78 is 17.6. The summed E-state index contributed by atoms with van der Waals surface area (Å²) in [5.74, 6) is -1.89. The lowest BCUT2D eigenvalue weighted by Crippen LogP contribution is -2.35. The molecule has 1 aliphatic rings. The maximum atomic E-state index is 12.9. The molecule has 0 bridgehead atoms. The average Bonchev–Trinajstić information content (AvgIpc) is 3.35. The Hall–Kier alpha value is -2.81. The molecule has 136 valence electrons. The van der Waals surface area contributed by atoms with E-state index in [0.717, 1.165) is 11.3 Å². The average molecular weight is 377 g/mol. The van der Waals surface area contributed by atoms with Crippen LogP contribution in [0.3, 0.4) is 0 Å². The second kappa shape index (κ2) is 6.83. The van der Waals surface area contributed by atoms with E-state index in [1.165, 1.54) is 31.4 Å². The van der Waals surface area contributed by atoms with Crippen LogP contribution in [0.25, 0.3) is 0 Å². The Kier molecular flexibility index (Phi) is 4.73. The van der Waals surface area contributed by atoms with Crippen LogP contribution in [0.4, 0.5) is 15.2 Å². The van der Waals surface area contributed by atoms with Crippen LogP contribution in [0.5, 0.6) is 0 Å². The third-order valence-corrected chi connectivity index (χ3v) is 5.16. The minimum absolute atomic E-state index is 0.230. The van der Waals surface area contributed by atoms with Crippen LogP contribution in [-0.2, 0) is 14.3 Å². The molecule has 1 heterocycles. The van der Waals surface area contributed by atoms with Crippen molar-refractivity contribution in [1.29, 1.82) is 0 Å². The molecule has 9 heteroatoms. The van der Waals surface area contributed by atoms with Crippen molar-refractivity contribution in [1.82, 2.24) is 4.98 Å². The van der Waals surface area contributed by atoms with Crippen LogP contribution in [0.15, 0.2) is 24.3 Å². The molecule has 0 spiro atoms. The SMILES string of the molecule is COC(=O)c1sc(NC(=O)C2(C(=O)Nc3ccc(F)cc3)CC2)nc1C. The molecular weight excluding hydrogens is 361 g/mol. The Labute approximate surface area is 152 Å². The fraction of sp³-hybridized carbons (Fsp3) is 0.294. The van der Waals surface area contributed by atoms with Gasteiger partial charge < -0.3 is 15.4 Å². The number of nitrogens with one attached hydrogen (secondary N) is 2. The quantitative estimate of drug-likeness (QED) is 0.617. The van der Waals surface area contributed by atoms with E-state index in [4.69, 9.17) is 0 Å². The zero-order valence-electron chi connectivity index (χ0n) is 14.1. The van der Waals surface area contributed by atoms with Gasteiger partial charge in [-0.2, -0.15) is 0 Å². The van der Waals surface area contributed by atoms with E-state index in [0.29, 0.717) is 29.1 Å². The zero-order chi connectivity index (χ0) is 18.9. The number of aromatic nitrogens is 1. The van der Waals surface area contributed by atoms with Crippen LogP contribution in [0.2, 0.25) is 0 Å². The number of anilines is 2. The van der Waals surface area contributed by atoms with Crippen LogP contribution in [0, 0.1) is 18.2 Å². The van der Waals surface area contributed by atoms with Gasteiger partial charge in [-0.1, -0.05) is 11.3 Å². The Morgan fingerprint density at radius 2 is 1.77 bits per heavy atom. The largest absolute Gasteiger partial charge is 0.465 e. The molecule has 7 nitrogen and oxygen atoms in total. The first-order valence-electron chi connectivity index (χ1n) is 7.80. The van der Waals surface area contributed by atoms with Crippen LogP contribution in [-0.4, -0.2) is 29.9 Å². The highest BCUT2D eigenvalue weighted by molar-refractivity contribution is 7.17. The molecular formula is C17H16FN3O4S. The number of thiazole rings is 1. The number of carbonyl (C=O) groups is 3. The van der Waals surface area contributed by atoms with Gasteiger partial charge in [-0.3, -0.25) is 9.59 Å². The van der Waals surface area contributed by atoms with Crippen molar-refractivity contribution in [2.75, 3.05) is 17.7 Å². The lowest BCUT2D eigenvalue weighted by Gasteiger charge is -2.14. The number of amides is 2. The van der Waals surface area contributed by atoms with Crippen LogP contribution < -0.4 is 10.6 Å². The number of hydrogen-bond donors (Lipinski definition) is 2. The number of benzene rings is 1. The molecule has 26 heavy (non-hydrogen) atoms. The van der Waals surface area contributed by atoms with Crippen molar-refractivity contribution in [3.63, 3.8) is 0 Å². The second-order valence-electron chi connectivity index (χ2n) is 5.92. The van der Waals surface area contributed by atoms with E-state index in [1.807, 2.05) is 0 Å². The Balaban J connectivity index is 1.70. The van der Waals surface area contributed by atoms with E-state index in [-0.39, 0.29) is 5.13 Å². The van der Waals surface area contributed by atoms with Gasteiger partial charge in [0.2, 0.25) is 11.8 Å². The van der Waals surface area contributed by atoms with E-state index in [1.54, 1.807) is 6.92 Å². The molecule has 0 atom stereocenters. The molecule has 1 aromatic heterocycles. The molecule has 0 unspecified atom stereocenters. The number of nitrogens with zero attached hydrogens (tertiary/aromatic N) is 1. The van der Waals surface area contributed by atoms with Crippen molar-refractivity contribution in [2.24, 2.45) is 5.41 Å². The highest BCUT2D eigenvalue weighted by atomic mass is 32.1. The number of carbonyl (C=O) groups excluding carboxylic acids is 3. The van der Waals surface area contributed by atoms with Gasteiger partial charge in [0, 0.05) is 5.69 Å². The molecule has 0 aliphatic heterocycles. The van der Waals surface area contributed by atoms with Gasteiger partial charge >= 0.3 is 5.97 Å². The molecule has 1 saturated carbocycles. The first-order valence-corrected chi connectivity index (χ1v) is 8.61. The first kappa shape index (κ1) is 18.0. The predicted molar refractivity (Wildman–Crippen MR) is 93.5 cm³/mol. The number of aryl methyl sites for hydroxylation is 1. The van der Waals surface area contributed by atoms with E-state index in [2.05, 4.69) is 20.4 Å². The van der Waals surface area contributed by atoms with Crippen molar-refractivity contribution in [3.05, 3.63) is 40.7 Å². The van der Waals surface area contributed by atoms with Gasteiger partial charge in [-0.15, -0.1) is 0 Å².